The largest absolute Gasteiger partial charge is 0.575 e. The monoisotopic (exact) mass is 327 g/mol. The number of benzene rings is 2. The number of hydrogen-bond donors (Lipinski definition) is 0. The molecule has 23 heavy (non-hydrogen) atoms. The number of carbonyl (C=O) groups is 1. The summed E-state index contributed by atoms with van der Waals surface area (Å²) in [5, 5.41) is 11.1. The van der Waals surface area contributed by atoms with Crippen molar-refractivity contribution in [1.29, 1.82) is 0 Å². The minimum atomic E-state index is -5.25. The van der Waals surface area contributed by atoms with Gasteiger partial charge in [0.15, 0.2) is 0 Å². The molecule has 0 N–H and O–H groups in total. The number of nitro groups is 1. The molecule has 0 unspecified atom stereocenters. The van der Waals surface area contributed by atoms with E-state index in [1.807, 2.05) is 0 Å². The summed E-state index contributed by atoms with van der Waals surface area (Å²) in [6.07, 6.45) is -5.25. The van der Waals surface area contributed by atoms with Gasteiger partial charge in [-0.3, -0.25) is 10.1 Å². The fourth-order valence-corrected chi connectivity index (χ4v) is 1.73. The number of ether oxygens (including phenoxy) is 2. The molecule has 0 amide bonds. The van der Waals surface area contributed by atoms with Gasteiger partial charge in [0.25, 0.3) is 0 Å². The molecule has 2 aromatic carbocycles. The summed E-state index contributed by atoms with van der Waals surface area (Å²) in [7, 11) is 0. The van der Waals surface area contributed by atoms with Gasteiger partial charge in [0, 0.05) is 0 Å². The van der Waals surface area contributed by atoms with Gasteiger partial charge in [-0.2, -0.15) is 0 Å². The first-order valence-corrected chi connectivity index (χ1v) is 6.08. The summed E-state index contributed by atoms with van der Waals surface area (Å²) in [5.74, 6) is -2.04. The van der Waals surface area contributed by atoms with Crippen LogP contribution in [0.15, 0.2) is 48.5 Å². The summed E-state index contributed by atoms with van der Waals surface area (Å²) in [4.78, 5) is 21.6. The van der Waals surface area contributed by atoms with E-state index in [0.29, 0.717) is 0 Å². The number of esters is 1. The SMILES string of the molecule is O=C(OC(F)(F)F)c1cccc(Oc2ccccc2)c1[N+](=O)[O-]. The highest BCUT2D eigenvalue weighted by Crippen LogP contribution is 2.35. The van der Waals surface area contributed by atoms with Gasteiger partial charge in [0.2, 0.25) is 5.75 Å². The molecule has 0 atom stereocenters. The smallest absolute Gasteiger partial charge is 0.450 e. The second kappa shape index (κ2) is 6.34. The van der Waals surface area contributed by atoms with Crippen molar-refractivity contribution < 1.29 is 32.4 Å². The first-order valence-electron chi connectivity index (χ1n) is 6.08. The fourth-order valence-electron chi connectivity index (χ4n) is 1.73. The van der Waals surface area contributed by atoms with Gasteiger partial charge in [-0.15, -0.1) is 13.2 Å². The van der Waals surface area contributed by atoms with Crippen molar-refractivity contribution in [2.24, 2.45) is 0 Å². The molecule has 0 spiro atoms. The summed E-state index contributed by atoms with van der Waals surface area (Å²) < 4.78 is 44.9. The van der Waals surface area contributed by atoms with Gasteiger partial charge < -0.3 is 9.47 Å². The number of nitrogens with zero attached hydrogens (tertiary/aromatic N) is 1. The van der Waals surface area contributed by atoms with E-state index in [1.54, 1.807) is 18.2 Å². The second-order valence-electron chi connectivity index (χ2n) is 4.16. The minimum Gasteiger partial charge on any atom is -0.450 e. The summed E-state index contributed by atoms with van der Waals surface area (Å²) >= 11 is 0. The maximum atomic E-state index is 12.1. The lowest BCUT2D eigenvalue weighted by atomic mass is 10.1. The minimum absolute atomic E-state index is 0.219. The van der Waals surface area contributed by atoms with E-state index in [4.69, 9.17) is 4.74 Å². The number of nitro benzene ring substituents is 1. The van der Waals surface area contributed by atoms with Crippen molar-refractivity contribution in [2.75, 3.05) is 0 Å². The lowest BCUT2D eigenvalue weighted by Crippen LogP contribution is -2.20. The Morgan fingerprint density at radius 2 is 1.70 bits per heavy atom. The van der Waals surface area contributed by atoms with E-state index in [2.05, 4.69) is 4.74 Å². The molecule has 120 valence electrons. The molecule has 0 aliphatic heterocycles. The lowest BCUT2D eigenvalue weighted by molar-refractivity contribution is -0.386. The Balaban J connectivity index is 2.43. The number of carbonyl (C=O) groups excluding carboxylic acids is 1. The third kappa shape index (κ3) is 4.19. The highest BCUT2D eigenvalue weighted by molar-refractivity contribution is 5.95. The molecule has 9 heteroatoms. The van der Waals surface area contributed by atoms with Crippen molar-refractivity contribution >= 4 is 11.7 Å². The van der Waals surface area contributed by atoms with Crippen LogP contribution >= 0.6 is 0 Å². The molecule has 0 aromatic heterocycles. The molecule has 0 aliphatic rings. The van der Waals surface area contributed by atoms with E-state index < -0.39 is 28.5 Å². The molecule has 2 aromatic rings. The fraction of sp³-hybridized carbons (Fsp3) is 0.0714. The van der Waals surface area contributed by atoms with Crippen LogP contribution < -0.4 is 4.74 Å². The van der Waals surface area contributed by atoms with Crippen LogP contribution in [0.5, 0.6) is 11.5 Å². The van der Waals surface area contributed by atoms with Crippen LogP contribution in [0.3, 0.4) is 0 Å². The van der Waals surface area contributed by atoms with Crippen molar-refractivity contribution in [1.82, 2.24) is 0 Å². The van der Waals surface area contributed by atoms with E-state index in [9.17, 15) is 28.1 Å². The van der Waals surface area contributed by atoms with Crippen LogP contribution in [0, 0.1) is 10.1 Å². The average molecular weight is 327 g/mol. The van der Waals surface area contributed by atoms with Gasteiger partial charge in [-0.05, 0) is 24.3 Å². The van der Waals surface area contributed by atoms with Gasteiger partial charge in [-0.1, -0.05) is 24.3 Å². The highest BCUT2D eigenvalue weighted by atomic mass is 19.4. The second-order valence-corrected chi connectivity index (χ2v) is 4.16. The number of hydrogen-bond acceptors (Lipinski definition) is 5. The quantitative estimate of drug-likeness (QED) is 0.480. The summed E-state index contributed by atoms with van der Waals surface area (Å²) in [5.41, 5.74) is -1.77. The number of rotatable bonds is 4. The molecule has 0 heterocycles. The molecule has 0 saturated carbocycles. The number of alkyl halides is 3. The van der Waals surface area contributed by atoms with E-state index in [1.165, 1.54) is 12.1 Å². The van der Waals surface area contributed by atoms with Crippen LogP contribution in [-0.4, -0.2) is 17.3 Å². The van der Waals surface area contributed by atoms with Crippen molar-refractivity contribution in [3.8, 4) is 11.5 Å². The highest BCUT2D eigenvalue weighted by Gasteiger charge is 2.37. The van der Waals surface area contributed by atoms with Crippen LogP contribution in [0.25, 0.3) is 0 Å². The third-order valence-corrected chi connectivity index (χ3v) is 2.58. The molecule has 2 rings (SSSR count). The van der Waals surface area contributed by atoms with E-state index >= 15 is 0 Å². The lowest BCUT2D eigenvalue weighted by Gasteiger charge is -2.10. The zero-order chi connectivity index (χ0) is 17.0. The van der Waals surface area contributed by atoms with E-state index in [-0.39, 0.29) is 11.5 Å². The molecule has 0 saturated heterocycles. The molecular formula is C14H8F3NO5. The number of halogens is 3. The zero-order valence-electron chi connectivity index (χ0n) is 11.2. The van der Waals surface area contributed by atoms with Gasteiger partial charge >= 0.3 is 18.0 Å². The maximum Gasteiger partial charge on any atom is 0.575 e. The predicted octanol–water partition coefficient (Wildman–Crippen LogP) is 4.06. The van der Waals surface area contributed by atoms with E-state index in [0.717, 1.165) is 18.2 Å². The standard InChI is InChI=1S/C14H8F3NO5/c15-14(16,17)23-13(19)10-7-4-8-11(12(10)18(20)21)22-9-5-2-1-3-6-9/h1-8H. The average Bonchev–Trinajstić information content (AvgIpc) is 2.46. The van der Waals surface area contributed by atoms with Crippen LogP contribution in [0.4, 0.5) is 18.9 Å². The summed E-state index contributed by atoms with van der Waals surface area (Å²) in [6, 6.07) is 11.0. The van der Waals surface area contributed by atoms with Crippen molar-refractivity contribution in [2.45, 2.75) is 6.36 Å². The summed E-state index contributed by atoms with van der Waals surface area (Å²) in [6.45, 7) is 0. The van der Waals surface area contributed by atoms with Crippen LogP contribution in [0.2, 0.25) is 0 Å². The zero-order valence-corrected chi connectivity index (χ0v) is 11.2. The number of para-hydroxylation sites is 2. The Labute approximate surface area is 127 Å². The Morgan fingerprint density at radius 1 is 1.04 bits per heavy atom. The van der Waals surface area contributed by atoms with Gasteiger partial charge in [0.05, 0.1) is 4.92 Å². The van der Waals surface area contributed by atoms with Crippen LogP contribution in [0.1, 0.15) is 10.4 Å². The van der Waals surface area contributed by atoms with Gasteiger partial charge in [0.1, 0.15) is 11.3 Å². The first kappa shape index (κ1) is 16.3. The Bertz CT molecular complexity index is 731. The Hall–Kier alpha value is -3.10. The van der Waals surface area contributed by atoms with Gasteiger partial charge in [-0.25, -0.2) is 4.79 Å². The predicted molar refractivity (Wildman–Crippen MR) is 71.1 cm³/mol. The topological polar surface area (TPSA) is 78.7 Å². The van der Waals surface area contributed by atoms with Crippen molar-refractivity contribution in [3.05, 3.63) is 64.2 Å². The first-order chi connectivity index (χ1) is 10.8. The Morgan fingerprint density at radius 3 is 2.26 bits per heavy atom. The molecule has 0 radical (unpaired) electrons. The molecule has 0 fully saturated rings. The molecule has 0 bridgehead atoms. The van der Waals surface area contributed by atoms with Crippen molar-refractivity contribution in [3.63, 3.8) is 0 Å². The normalized spacial score (nSPS) is 10.9. The molecular weight excluding hydrogens is 319 g/mol. The third-order valence-electron chi connectivity index (χ3n) is 2.58. The Kier molecular flexibility index (Phi) is 4.49. The maximum absolute atomic E-state index is 12.1. The van der Waals surface area contributed by atoms with Crippen LogP contribution in [-0.2, 0) is 4.74 Å². The molecule has 6 nitrogen and oxygen atoms in total. The molecule has 0 aliphatic carbocycles.